The largest absolute Gasteiger partial charge is 0.382 e. The maximum atomic E-state index is 12.9. The van der Waals surface area contributed by atoms with Crippen molar-refractivity contribution in [2.75, 3.05) is 5.73 Å². The number of hydrogen-bond donors (Lipinski definition) is 1. The van der Waals surface area contributed by atoms with Crippen LogP contribution in [0.5, 0.6) is 0 Å². The van der Waals surface area contributed by atoms with E-state index in [2.05, 4.69) is 26.0 Å². The highest BCUT2D eigenvalue weighted by atomic mass is 79.9. The lowest BCUT2D eigenvalue weighted by atomic mass is 10.3. The molecule has 0 atom stereocenters. The Bertz CT molecular complexity index is 721. The highest BCUT2D eigenvalue weighted by Crippen LogP contribution is 2.24. The number of nitrogens with zero attached hydrogens (tertiary/aromatic N) is 3. The van der Waals surface area contributed by atoms with Crippen molar-refractivity contribution in [3.8, 4) is 5.69 Å². The summed E-state index contributed by atoms with van der Waals surface area (Å²) < 4.78 is 15.3. The predicted octanol–water partition coefficient (Wildman–Crippen LogP) is 2.90. The number of aromatic nitrogens is 3. The summed E-state index contributed by atoms with van der Waals surface area (Å²) in [4.78, 5) is 4.28. The van der Waals surface area contributed by atoms with Crippen molar-refractivity contribution in [2.45, 2.75) is 0 Å². The number of fused-ring (bicyclic) bond motifs is 1. The lowest BCUT2D eigenvalue weighted by molar-refractivity contribution is 0.627. The van der Waals surface area contributed by atoms with Crippen molar-refractivity contribution in [3.63, 3.8) is 0 Å². The molecular formula is C12H8BrFN4. The fourth-order valence-corrected chi connectivity index (χ4v) is 2.09. The number of pyridine rings is 1. The molecule has 0 radical (unpaired) electrons. The van der Waals surface area contributed by atoms with Gasteiger partial charge in [0.05, 0.1) is 11.1 Å². The van der Waals surface area contributed by atoms with Crippen molar-refractivity contribution in [1.29, 1.82) is 0 Å². The van der Waals surface area contributed by atoms with E-state index in [1.54, 1.807) is 23.0 Å². The van der Waals surface area contributed by atoms with E-state index in [0.717, 1.165) is 9.86 Å². The van der Waals surface area contributed by atoms with Crippen LogP contribution in [0.2, 0.25) is 0 Å². The Morgan fingerprint density at radius 2 is 1.94 bits per heavy atom. The first-order valence-electron chi connectivity index (χ1n) is 5.21. The summed E-state index contributed by atoms with van der Waals surface area (Å²) in [6, 6.07) is 7.86. The van der Waals surface area contributed by atoms with Gasteiger partial charge < -0.3 is 5.73 Å². The van der Waals surface area contributed by atoms with Gasteiger partial charge in [-0.25, -0.2) is 14.1 Å². The fraction of sp³-hybridized carbons (Fsp3) is 0. The normalized spacial score (nSPS) is 11.0. The lowest BCUT2D eigenvalue weighted by Gasteiger charge is -2.01. The maximum absolute atomic E-state index is 12.9. The van der Waals surface area contributed by atoms with Crippen molar-refractivity contribution < 1.29 is 4.39 Å². The summed E-state index contributed by atoms with van der Waals surface area (Å²) in [5.74, 6) is 0.0991. The summed E-state index contributed by atoms with van der Waals surface area (Å²) in [5.41, 5.74) is 7.20. The molecule has 90 valence electrons. The van der Waals surface area contributed by atoms with Gasteiger partial charge in [-0.15, -0.1) is 5.10 Å². The van der Waals surface area contributed by atoms with E-state index < -0.39 is 0 Å². The average Bonchev–Trinajstić information content (AvgIpc) is 2.68. The van der Waals surface area contributed by atoms with Crippen LogP contribution in [-0.4, -0.2) is 14.8 Å². The van der Waals surface area contributed by atoms with E-state index in [-0.39, 0.29) is 5.82 Å². The lowest BCUT2D eigenvalue weighted by Crippen LogP contribution is -1.98. The van der Waals surface area contributed by atoms with Crippen LogP contribution in [0.15, 0.2) is 41.0 Å². The topological polar surface area (TPSA) is 56.7 Å². The highest BCUT2D eigenvalue weighted by Gasteiger charge is 2.11. The Kier molecular flexibility index (Phi) is 2.52. The van der Waals surface area contributed by atoms with E-state index in [0.29, 0.717) is 17.2 Å². The van der Waals surface area contributed by atoms with Gasteiger partial charge in [0.15, 0.2) is 11.5 Å². The Balaban J connectivity index is 2.26. The zero-order valence-electron chi connectivity index (χ0n) is 9.14. The first-order chi connectivity index (χ1) is 8.65. The second kappa shape index (κ2) is 4.06. The molecule has 2 aromatic heterocycles. The molecule has 18 heavy (non-hydrogen) atoms. The third-order valence-corrected chi connectivity index (χ3v) is 3.02. The molecule has 0 aliphatic heterocycles. The second-order valence-corrected chi connectivity index (χ2v) is 4.71. The highest BCUT2D eigenvalue weighted by molar-refractivity contribution is 9.10. The van der Waals surface area contributed by atoms with E-state index in [1.165, 1.54) is 12.1 Å². The molecule has 2 N–H and O–H groups in total. The molecule has 3 rings (SSSR count). The third kappa shape index (κ3) is 1.74. The van der Waals surface area contributed by atoms with E-state index in [9.17, 15) is 4.39 Å². The van der Waals surface area contributed by atoms with Gasteiger partial charge in [-0.3, -0.25) is 0 Å². The summed E-state index contributed by atoms with van der Waals surface area (Å²) in [7, 11) is 0. The van der Waals surface area contributed by atoms with Gasteiger partial charge >= 0.3 is 0 Å². The minimum absolute atomic E-state index is 0.293. The average molecular weight is 307 g/mol. The zero-order chi connectivity index (χ0) is 12.7. The molecule has 0 saturated carbocycles. The molecule has 6 heteroatoms. The molecule has 4 nitrogen and oxygen atoms in total. The van der Waals surface area contributed by atoms with Crippen LogP contribution in [-0.2, 0) is 0 Å². The molecule has 0 aliphatic carbocycles. The molecule has 0 unspecified atom stereocenters. The predicted molar refractivity (Wildman–Crippen MR) is 70.9 cm³/mol. The Morgan fingerprint density at radius 3 is 2.67 bits per heavy atom. The second-order valence-electron chi connectivity index (χ2n) is 3.80. The van der Waals surface area contributed by atoms with Crippen LogP contribution in [0.3, 0.4) is 0 Å². The van der Waals surface area contributed by atoms with Crippen LogP contribution in [0, 0.1) is 5.82 Å². The molecule has 0 saturated heterocycles. The first-order valence-corrected chi connectivity index (χ1v) is 6.00. The number of hydrogen-bond acceptors (Lipinski definition) is 3. The van der Waals surface area contributed by atoms with Crippen LogP contribution in [0.1, 0.15) is 0 Å². The number of halogens is 2. The summed E-state index contributed by atoms with van der Waals surface area (Å²) in [5, 5.41) is 4.98. The third-order valence-electron chi connectivity index (χ3n) is 2.59. The fourth-order valence-electron chi connectivity index (χ4n) is 1.76. The number of nitrogen functional groups attached to an aromatic ring is 1. The summed E-state index contributed by atoms with van der Waals surface area (Å²) >= 11 is 3.34. The number of nitrogens with two attached hydrogens (primary N) is 1. The molecular weight excluding hydrogens is 299 g/mol. The molecule has 1 aromatic carbocycles. The van der Waals surface area contributed by atoms with Crippen molar-refractivity contribution >= 4 is 32.8 Å². The molecule has 0 amide bonds. The van der Waals surface area contributed by atoms with Gasteiger partial charge in [0.1, 0.15) is 5.82 Å². The summed E-state index contributed by atoms with van der Waals surface area (Å²) in [6.07, 6.45) is 1.67. The van der Waals surface area contributed by atoms with Crippen LogP contribution in [0.25, 0.3) is 16.7 Å². The van der Waals surface area contributed by atoms with Gasteiger partial charge in [-0.05, 0) is 46.3 Å². The first kappa shape index (κ1) is 11.2. The van der Waals surface area contributed by atoms with Crippen molar-refractivity contribution in [3.05, 3.63) is 46.8 Å². The maximum Gasteiger partial charge on any atom is 0.165 e. The van der Waals surface area contributed by atoms with Crippen LogP contribution >= 0.6 is 15.9 Å². The van der Waals surface area contributed by atoms with Gasteiger partial charge in [0.2, 0.25) is 0 Å². The zero-order valence-corrected chi connectivity index (χ0v) is 10.7. The van der Waals surface area contributed by atoms with Crippen molar-refractivity contribution in [1.82, 2.24) is 14.8 Å². The van der Waals surface area contributed by atoms with Gasteiger partial charge in [0.25, 0.3) is 0 Å². The Morgan fingerprint density at radius 1 is 1.22 bits per heavy atom. The van der Waals surface area contributed by atoms with Gasteiger partial charge in [0, 0.05) is 10.7 Å². The number of rotatable bonds is 1. The van der Waals surface area contributed by atoms with E-state index >= 15 is 0 Å². The molecule has 0 spiro atoms. The Labute approximate surface area is 110 Å². The summed E-state index contributed by atoms with van der Waals surface area (Å²) in [6.45, 7) is 0. The molecule has 3 aromatic rings. The monoisotopic (exact) mass is 306 g/mol. The van der Waals surface area contributed by atoms with E-state index in [4.69, 9.17) is 5.73 Å². The van der Waals surface area contributed by atoms with Crippen LogP contribution < -0.4 is 5.73 Å². The van der Waals surface area contributed by atoms with Gasteiger partial charge in [-0.2, -0.15) is 0 Å². The molecule has 0 fully saturated rings. The number of benzene rings is 1. The standard InChI is InChI=1S/C12H8BrFN4/c13-7-5-10-11(15)17-18(12(10)16-6-7)9-3-1-8(14)2-4-9/h1-6H,(H2,15,17). The SMILES string of the molecule is Nc1nn(-c2ccc(F)cc2)c2ncc(Br)cc12. The quantitative estimate of drug-likeness (QED) is 0.752. The minimum atomic E-state index is -0.293. The van der Waals surface area contributed by atoms with Crippen molar-refractivity contribution in [2.24, 2.45) is 0 Å². The van der Waals surface area contributed by atoms with Gasteiger partial charge in [-0.1, -0.05) is 0 Å². The molecule has 0 aliphatic rings. The number of anilines is 1. The minimum Gasteiger partial charge on any atom is -0.382 e. The Hall–Kier alpha value is -1.95. The molecule has 2 heterocycles. The van der Waals surface area contributed by atoms with E-state index in [1.807, 2.05) is 6.07 Å². The molecule has 0 bridgehead atoms. The smallest absolute Gasteiger partial charge is 0.165 e. The van der Waals surface area contributed by atoms with Crippen LogP contribution in [0.4, 0.5) is 10.2 Å².